The third-order valence-electron chi connectivity index (χ3n) is 3.38. The maximum absolute atomic E-state index is 5.94. The van der Waals surface area contributed by atoms with E-state index in [-0.39, 0.29) is 0 Å². The molecule has 1 nitrogen and oxygen atoms in total. The van der Waals surface area contributed by atoms with E-state index in [0.717, 1.165) is 5.69 Å². The molecule has 0 fully saturated rings. The van der Waals surface area contributed by atoms with E-state index in [2.05, 4.69) is 23.2 Å². The van der Waals surface area contributed by atoms with Gasteiger partial charge in [0, 0.05) is 10.4 Å². The molecule has 0 saturated carbocycles. The molecule has 0 radical (unpaired) electrons. The monoisotopic (exact) mass is 263 g/mol. The van der Waals surface area contributed by atoms with Crippen molar-refractivity contribution in [2.75, 3.05) is 0 Å². The number of halogens is 1. The molecule has 0 bridgehead atoms. The Balaban J connectivity index is 2.04. The second-order valence-electron chi connectivity index (χ2n) is 4.45. The van der Waals surface area contributed by atoms with Crippen molar-refractivity contribution < 1.29 is 0 Å². The van der Waals surface area contributed by atoms with Crippen LogP contribution in [0.15, 0.2) is 23.7 Å². The largest absolute Gasteiger partial charge is 0.244 e. The number of aromatic nitrogens is 1. The van der Waals surface area contributed by atoms with Crippen LogP contribution in [0.2, 0.25) is 0 Å². The number of alkyl halides is 1. The van der Waals surface area contributed by atoms with Crippen LogP contribution in [0.3, 0.4) is 0 Å². The Hall–Kier alpha value is -0.860. The van der Waals surface area contributed by atoms with Crippen molar-refractivity contribution in [2.24, 2.45) is 0 Å². The number of hydrogen-bond donors (Lipinski definition) is 0. The van der Waals surface area contributed by atoms with Gasteiger partial charge in [-0.1, -0.05) is 12.1 Å². The van der Waals surface area contributed by atoms with Crippen LogP contribution in [-0.2, 0) is 18.7 Å². The van der Waals surface area contributed by atoms with Crippen LogP contribution in [0.4, 0.5) is 0 Å². The SMILES string of the molecule is ClCc1scnc1-c1ccc2c(c1)CCCC2. The Labute approximate surface area is 110 Å². The Morgan fingerprint density at radius 2 is 2.00 bits per heavy atom. The molecule has 3 rings (SSSR count). The van der Waals surface area contributed by atoms with Gasteiger partial charge in [-0.3, -0.25) is 0 Å². The summed E-state index contributed by atoms with van der Waals surface area (Å²) in [7, 11) is 0. The summed E-state index contributed by atoms with van der Waals surface area (Å²) in [6, 6.07) is 6.76. The van der Waals surface area contributed by atoms with Crippen LogP contribution in [0.5, 0.6) is 0 Å². The molecule has 2 aromatic rings. The lowest BCUT2D eigenvalue weighted by molar-refractivity contribution is 0.686. The van der Waals surface area contributed by atoms with Gasteiger partial charge in [0.25, 0.3) is 0 Å². The van der Waals surface area contributed by atoms with Gasteiger partial charge in [0.1, 0.15) is 0 Å². The fraction of sp³-hybridized carbons (Fsp3) is 0.357. The molecule has 17 heavy (non-hydrogen) atoms. The van der Waals surface area contributed by atoms with Crippen molar-refractivity contribution in [3.8, 4) is 11.3 Å². The number of aryl methyl sites for hydroxylation is 2. The van der Waals surface area contributed by atoms with Crippen molar-refractivity contribution in [3.63, 3.8) is 0 Å². The molecule has 3 heteroatoms. The van der Waals surface area contributed by atoms with E-state index >= 15 is 0 Å². The van der Waals surface area contributed by atoms with Gasteiger partial charge in [-0.15, -0.1) is 22.9 Å². The molecule has 0 amide bonds. The number of hydrogen-bond acceptors (Lipinski definition) is 2. The zero-order valence-corrected chi connectivity index (χ0v) is 11.2. The average Bonchev–Trinajstić information content (AvgIpc) is 2.86. The molecule has 1 aromatic heterocycles. The van der Waals surface area contributed by atoms with Crippen molar-refractivity contribution in [2.45, 2.75) is 31.6 Å². The highest BCUT2D eigenvalue weighted by molar-refractivity contribution is 7.10. The molecular weight excluding hydrogens is 250 g/mol. The summed E-state index contributed by atoms with van der Waals surface area (Å²) in [5, 5.41) is 0. The summed E-state index contributed by atoms with van der Waals surface area (Å²) >= 11 is 7.58. The third kappa shape index (κ3) is 2.12. The fourth-order valence-electron chi connectivity index (χ4n) is 2.48. The second-order valence-corrected chi connectivity index (χ2v) is 5.65. The lowest BCUT2D eigenvalue weighted by Crippen LogP contribution is -2.02. The van der Waals surface area contributed by atoms with E-state index in [0.29, 0.717) is 5.88 Å². The minimum atomic E-state index is 0.553. The molecule has 0 unspecified atom stereocenters. The maximum Gasteiger partial charge on any atom is 0.0855 e. The quantitative estimate of drug-likeness (QED) is 0.731. The highest BCUT2D eigenvalue weighted by Gasteiger charge is 2.13. The Kier molecular flexibility index (Phi) is 3.17. The number of benzene rings is 1. The van der Waals surface area contributed by atoms with Gasteiger partial charge < -0.3 is 0 Å². The standard InChI is InChI=1S/C14H14ClNS/c15-8-13-14(16-9-17-13)12-6-5-10-3-1-2-4-11(10)7-12/h5-7,9H,1-4,8H2. The Morgan fingerprint density at radius 3 is 2.82 bits per heavy atom. The van der Waals surface area contributed by atoms with Crippen molar-refractivity contribution >= 4 is 22.9 Å². The molecule has 0 aliphatic heterocycles. The van der Waals surface area contributed by atoms with Gasteiger partial charge in [0.05, 0.1) is 17.1 Å². The molecule has 0 saturated heterocycles. The summed E-state index contributed by atoms with van der Waals surface area (Å²) in [6.07, 6.45) is 5.09. The highest BCUT2D eigenvalue weighted by atomic mass is 35.5. The number of fused-ring (bicyclic) bond motifs is 1. The van der Waals surface area contributed by atoms with Gasteiger partial charge in [0.15, 0.2) is 0 Å². The van der Waals surface area contributed by atoms with Crippen molar-refractivity contribution in [1.29, 1.82) is 0 Å². The molecular formula is C14H14ClNS. The minimum Gasteiger partial charge on any atom is -0.244 e. The Bertz CT molecular complexity index is 533. The molecule has 0 N–H and O–H groups in total. The summed E-state index contributed by atoms with van der Waals surface area (Å²) in [6.45, 7) is 0. The summed E-state index contributed by atoms with van der Waals surface area (Å²) < 4.78 is 0. The van der Waals surface area contributed by atoms with Gasteiger partial charge in [-0.05, 0) is 42.9 Å². The predicted octanol–water partition coefficient (Wildman–Crippen LogP) is 4.43. The molecule has 1 aliphatic rings. The number of nitrogens with zero attached hydrogens (tertiary/aromatic N) is 1. The van der Waals surface area contributed by atoms with Crippen LogP contribution in [0, 0.1) is 0 Å². The summed E-state index contributed by atoms with van der Waals surface area (Å²) in [4.78, 5) is 5.61. The normalized spacial score (nSPS) is 14.6. The molecule has 0 spiro atoms. The minimum absolute atomic E-state index is 0.553. The lowest BCUT2D eigenvalue weighted by atomic mass is 9.90. The van der Waals surface area contributed by atoms with E-state index in [1.54, 1.807) is 11.3 Å². The van der Waals surface area contributed by atoms with Gasteiger partial charge in [-0.2, -0.15) is 0 Å². The third-order valence-corrected chi connectivity index (χ3v) is 4.64. The van der Waals surface area contributed by atoms with Gasteiger partial charge >= 0.3 is 0 Å². The van der Waals surface area contributed by atoms with E-state index in [1.165, 1.54) is 47.3 Å². The van der Waals surface area contributed by atoms with Gasteiger partial charge in [-0.25, -0.2) is 4.98 Å². The highest BCUT2D eigenvalue weighted by Crippen LogP contribution is 2.30. The topological polar surface area (TPSA) is 12.9 Å². The smallest absolute Gasteiger partial charge is 0.0855 e. The molecule has 0 atom stereocenters. The van der Waals surface area contributed by atoms with Crippen molar-refractivity contribution in [3.05, 3.63) is 39.7 Å². The molecule has 88 valence electrons. The lowest BCUT2D eigenvalue weighted by Gasteiger charge is -2.16. The number of rotatable bonds is 2. The van der Waals surface area contributed by atoms with Crippen LogP contribution < -0.4 is 0 Å². The fourth-order valence-corrected chi connectivity index (χ4v) is 3.43. The first-order valence-electron chi connectivity index (χ1n) is 5.99. The second kappa shape index (κ2) is 4.79. The first-order valence-corrected chi connectivity index (χ1v) is 7.40. The molecule has 1 aromatic carbocycles. The maximum atomic E-state index is 5.94. The van der Waals surface area contributed by atoms with E-state index in [1.807, 2.05) is 5.51 Å². The molecule has 1 heterocycles. The first kappa shape index (κ1) is 11.2. The Morgan fingerprint density at radius 1 is 1.18 bits per heavy atom. The average molecular weight is 264 g/mol. The van der Waals surface area contributed by atoms with Crippen LogP contribution in [0.25, 0.3) is 11.3 Å². The zero-order valence-electron chi connectivity index (χ0n) is 9.58. The van der Waals surface area contributed by atoms with Crippen LogP contribution >= 0.6 is 22.9 Å². The predicted molar refractivity (Wildman–Crippen MR) is 73.7 cm³/mol. The van der Waals surface area contributed by atoms with Crippen LogP contribution in [-0.4, -0.2) is 4.98 Å². The molecule has 1 aliphatic carbocycles. The van der Waals surface area contributed by atoms with E-state index < -0.39 is 0 Å². The summed E-state index contributed by atoms with van der Waals surface area (Å²) in [5.41, 5.74) is 7.19. The van der Waals surface area contributed by atoms with Crippen LogP contribution in [0.1, 0.15) is 28.8 Å². The number of thiazole rings is 1. The summed E-state index contributed by atoms with van der Waals surface area (Å²) in [5.74, 6) is 0.553. The first-order chi connectivity index (χ1) is 8.38. The van der Waals surface area contributed by atoms with E-state index in [9.17, 15) is 0 Å². The van der Waals surface area contributed by atoms with Crippen molar-refractivity contribution in [1.82, 2.24) is 4.98 Å². The van der Waals surface area contributed by atoms with E-state index in [4.69, 9.17) is 11.6 Å². The zero-order chi connectivity index (χ0) is 11.7. The van der Waals surface area contributed by atoms with Gasteiger partial charge in [0.2, 0.25) is 0 Å².